The van der Waals surface area contributed by atoms with Crippen LogP contribution < -0.4 is 0 Å². The van der Waals surface area contributed by atoms with E-state index in [0.29, 0.717) is 0 Å². The third kappa shape index (κ3) is 3.33. The van der Waals surface area contributed by atoms with Crippen LogP contribution in [0.5, 0.6) is 0 Å². The maximum absolute atomic E-state index is 4.53. The zero-order valence-corrected chi connectivity index (χ0v) is 10.3. The summed E-state index contributed by atoms with van der Waals surface area (Å²) in [7, 11) is 0. The van der Waals surface area contributed by atoms with Gasteiger partial charge in [-0.05, 0) is 36.5 Å². The second kappa shape index (κ2) is 6.60. The molecule has 0 radical (unpaired) electrons. The monoisotopic (exact) mass is 205 g/mol. The van der Waals surface area contributed by atoms with Crippen molar-refractivity contribution in [3.05, 3.63) is 29.1 Å². The Morgan fingerprint density at radius 2 is 1.60 bits per heavy atom. The molecule has 0 amide bonds. The van der Waals surface area contributed by atoms with Crippen molar-refractivity contribution in [1.82, 2.24) is 4.98 Å². The van der Waals surface area contributed by atoms with E-state index in [2.05, 4.69) is 31.8 Å². The average molecular weight is 205 g/mol. The fraction of sp³-hybridized carbons (Fsp3) is 0.643. The lowest BCUT2D eigenvalue weighted by Crippen LogP contribution is -2.02. The highest BCUT2D eigenvalue weighted by atomic mass is 14.7. The molecule has 0 unspecified atom stereocenters. The second-order valence-corrected chi connectivity index (χ2v) is 4.15. The van der Waals surface area contributed by atoms with Crippen molar-refractivity contribution in [2.24, 2.45) is 0 Å². The van der Waals surface area contributed by atoms with Crippen molar-refractivity contribution in [2.45, 2.75) is 59.3 Å². The SMILES string of the molecule is CCCc1ccnc(CCC)c1CCC. The molecule has 15 heavy (non-hydrogen) atoms. The molecular weight excluding hydrogens is 182 g/mol. The first-order valence-corrected chi connectivity index (χ1v) is 6.29. The van der Waals surface area contributed by atoms with E-state index in [-0.39, 0.29) is 0 Å². The highest BCUT2D eigenvalue weighted by molar-refractivity contribution is 5.30. The van der Waals surface area contributed by atoms with E-state index in [9.17, 15) is 0 Å². The molecule has 0 aliphatic heterocycles. The number of pyridine rings is 1. The van der Waals surface area contributed by atoms with Crippen molar-refractivity contribution in [3.63, 3.8) is 0 Å². The lowest BCUT2D eigenvalue weighted by atomic mass is 9.97. The molecule has 0 aliphatic rings. The van der Waals surface area contributed by atoms with Crippen molar-refractivity contribution in [2.75, 3.05) is 0 Å². The van der Waals surface area contributed by atoms with E-state index < -0.39 is 0 Å². The Balaban J connectivity index is 2.97. The minimum atomic E-state index is 1.13. The molecule has 0 saturated heterocycles. The highest BCUT2D eigenvalue weighted by Gasteiger charge is 2.07. The minimum absolute atomic E-state index is 1.13. The summed E-state index contributed by atoms with van der Waals surface area (Å²) in [5.74, 6) is 0. The molecule has 1 aromatic heterocycles. The van der Waals surface area contributed by atoms with E-state index in [0.717, 1.165) is 6.42 Å². The zero-order chi connectivity index (χ0) is 11.1. The fourth-order valence-electron chi connectivity index (χ4n) is 2.09. The predicted octanol–water partition coefficient (Wildman–Crippen LogP) is 3.94. The molecular formula is C14H23N. The molecule has 1 rings (SSSR count). The lowest BCUT2D eigenvalue weighted by molar-refractivity contribution is 0.799. The molecule has 0 aliphatic carbocycles. The summed E-state index contributed by atoms with van der Waals surface area (Å²) < 4.78 is 0. The van der Waals surface area contributed by atoms with Crippen LogP contribution in [0.15, 0.2) is 12.3 Å². The number of aromatic nitrogens is 1. The van der Waals surface area contributed by atoms with Crippen LogP contribution >= 0.6 is 0 Å². The van der Waals surface area contributed by atoms with Gasteiger partial charge in [0, 0.05) is 11.9 Å². The first-order chi connectivity index (χ1) is 7.33. The zero-order valence-electron chi connectivity index (χ0n) is 10.3. The molecule has 0 fully saturated rings. The topological polar surface area (TPSA) is 12.9 Å². The van der Waals surface area contributed by atoms with Gasteiger partial charge >= 0.3 is 0 Å². The normalized spacial score (nSPS) is 10.6. The Kier molecular flexibility index (Phi) is 5.38. The summed E-state index contributed by atoms with van der Waals surface area (Å²) in [5.41, 5.74) is 4.40. The Labute approximate surface area is 93.9 Å². The first kappa shape index (κ1) is 12.2. The molecule has 1 heterocycles. The Morgan fingerprint density at radius 1 is 0.933 bits per heavy atom. The van der Waals surface area contributed by atoms with Crippen LogP contribution in [0.3, 0.4) is 0 Å². The minimum Gasteiger partial charge on any atom is -0.261 e. The second-order valence-electron chi connectivity index (χ2n) is 4.15. The van der Waals surface area contributed by atoms with Crippen molar-refractivity contribution in [1.29, 1.82) is 0 Å². The molecule has 0 aromatic carbocycles. The lowest BCUT2D eigenvalue weighted by Gasteiger charge is -2.12. The van der Waals surface area contributed by atoms with E-state index in [1.165, 1.54) is 48.9 Å². The highest BCUT2D eigenvalue weighted by Crippen LogP contribution is 2.17. The summed E-state index contributed by atoms with van der Waals surface area (Å²) in [6, 6.07) is 2.20. The summed E-state index contributed by atoms with van der Waals surface area (Å²) in [6.07, 6.45) is 9.15. The van der Waals surface area contributed by atoms with Crippen LogP contribution in [-0.4, -0.2) is 4.98 Å². The van der Waals surface area contributed by atoms with Gasteiger partial charge in [-0.1, -0.05) is 40.0 Å². The molecule has 0 atom stereocenters. The third-order valence-electron chi connectivity index (χ3n) is 2.75. The number of nitrogens with zero attached hydrogens (tertiary/aromatic N) is 1. The molecule has 84 valence electrons. The van der Waals surface area contributed by atoms with Crippen LogP contribution in [0, 0.1) is 0 Å². The molecule has 0 bridgehead atoms. The molecule has 0 spiro atoms. The first-order valence-electron chi connectivity index (χ1n) is 6.29. The van der Waals surface area contributed by atoms with Crippen LogP contribution in [0.25, 0.3) is 0 Å². The van der Waals surface area contributed by atoms with Crippen molar-refractivity contribution >= 4 is 0 Å². The van der Waals surface area contributed by atoms with Gasteiger partial charge in [0.05, 0.1) is 0 Å². The third-order valence-corrected chi connectivity index (χ3v) is 2.75. The number of hydrogen-bond acceptors (Lipinski definition) is 1. The largest absolute Gasteiger partial charge is 0.261 e. The molecule has 1 heteroatoms. The summed E-state index contributed by atoms with van der Waals surface area (Å²) in [5, 5.41) is 0. The van der Waals surface area contributed by atoms with Gasteiger partial charge in [-0.2, -0.15) is 0 Å². The summed E-state index contributed by atoms with van der Waals surface area (Å²) in [6.45, 7) is 6.72. The molecule has 1 aromatic rings. The quantitative estimate of drug-likeness (QED) is 0.685. The predicted molar refractivity (Wildman–Crippen MR) is 66.2 cm³/mol. The molecule has 0 saturated carbocycles. The Hall–Kier alpha value is -0.850. The summed E-state index contributed by atoms with van der Waals surface area (Å²) >= 11 is 0. The van der Waals surface area contributed by atoms with Crippen LogP contribution in [-0.2, 0) is 19.3 Å². The van der Waals surface area contributed by atoms with Crippen LogP contribution in [0.4, 0.5) is 0 Å². The van der Waals surface area contributed by atoms with E-state index in [1.807, 2.05) is 6.20 Å². The van der Waals surface area contributed by atoms with Gasteiger partial charge in [-0.15, -0.1) is 0 Å². The van der Waals surface area contributed by atoms with Crippen LogP contribution in [0.1, 0.15) is 56.9 Å². The van der Waals surface area contributed by atoms with Crippen molar-refractivity contribution in [3.8, 4) is 0 Å². The average Bonchev–Trinajstić information content (AvgIpc) is 2.23. The van der Waals surface area contributed by atoms with Gasteiger partial charge < -0.3 is 0 Å². The molecule has 0 N–H and O–H groups in total. The van der Waals surface area contributed by atoms with E-state index in [4.69, 9.17) is 0 Å². The Morgan fingerprint density at radius 3 is 2.20 bits per heavy atom. The van der Waals surface area contributed by atoms with Crippen molar-refractivity contribution < 1.29 is 0 Å². The summed E-state index contributed by atoms with van der Waals surface area (Å²) in [4.78, 5) is 4.53. The maximum Gasteiger partial charge on any atom is 0.0438 e. The number of aryl methyl sites for hydroxylation is 2. The van der Waals surface area contributed by atoms with Gasteiger partial charge in [0.2, 0.25) is 0 Å². The number of rotatable bonds is 6. The number of hydrogen-bond donors (Lipinski definition) is 0. The van der Waals surface area contributed by atoms with Crippen LogP contribution in [0.2, 0.25) is 0 Å². The maximum atomic E-state index is 4.53. The standard InChI is InChI=1S/C14H23N/c1-4-7-12-10-11-15-14(9-6-3)13(12)8-5-2/h10-11H,4-9H2,1-3H3. The smallest absolute Gasteiger partial charge is 0.0438 e. The van der Waals surface area contributed by atoms with Gasteiger partial charge in [0.25, 0.3) is 0 Å². The van der Waals surface area contributed by atoms with Gasteiger partial charge in [0.1, 0.15) is 0 Å². The Bertz CT molecular complexity index is 267. The van der Waals surface area contributed by atoms with Gasteiger partial charge in [-0.3, -0.25) is 4.98 Å². The molecule has 1 nitrogen and oxygen atoms in total. The van der Waals surface area contributed by atoms with Gasteiger partial charge in [0.15, 0.2) is 0 Å². The van der Waals surface area contributed by atoms with E-state index in [1.54, 1.807) is 0 Å². The fourth-order valence-corrected chi connectivity index (χ4v) is 2.09. The van der Waals surface area contributed by atoms with Gasteiger partial charge in [-0.25, -0.2) is 0 Å². The van der Waals surface area contributed by atoms with E-state index >= 15 is 0 Å².